The lowest BCUT2D eigenvalue weighted by atomic mass is 10.1. The molecule has 1 fully saturated rings. The van der Waals surface area contributed by atoms with Gasteiger partial charge in [0.2, 0.25) is 5.91 Å². The Hall–Kier alpha value is -0.610. The molecule has 1 aliphatic rings. The largest absolute Gasteiger partial charge is 0.318 e. The SMILES string of the molecule is CCC(=O)N1[C@H](Cc2ccccc2)CS[C@H]1S. The lowest BCUT2D eigenvalue weighted by molar-refractivity contribution is -0.131. The molecule has 0 saturated carbocycles. The average molecular weight is 267 g/mol. The van der Waals surface area contributed by atoms with Crippen molar-refractivity contribution in [1.82, 2.24) is 4.90 Å². The van der Waals surface area contributed by atoms with Gasteiger partial charge in [0, 0.05) is 18.2 Å². The minimum Gasteiger partial charge on any atom is -0.318 e. The first-order valence-corrected chi connectivity index (χ1v) is 7.43. The third-order valence-corrected chi connectivity index (χ3v) is 4.77. The molecule has 2 nitrogen and oxygen atoms in total. The van der Waals surface area contributed by atoms with Crippen molar-refractivity contribution in [2.45, 2.75) is 30.5 Å². The molecule has 1 aromatic carbocycles. The number of nitrogens with zero attached hydrogens (tertiary/aromatic N) is 1. The summed E-state index contributed by atoms with van der Waals surface area (Å²) in [5, 5.41) is 0. The van der Waals surface area contributed by atoms with Crippen LogP contribution in [-0.4, -0.2) is 27.3 Å². The Labute approximate surface area is 112 Å². The molecule has 0 radical (unpaired) electrons. The maximum atomic E-state index is 11.9. The molecule has 0 aliphatic carbocycles. The first-order chi connectivity index (χ1) is 8.22. The van der Waals surface area contributed by atoms with E-state index in [4.69, 9.17) is 0 Å². The molecule has 2 atom stereocenters. The van der Waals surface area contributed by atoms with Gasteiger partial charge in [0.1, 0.15) is 4.71 Å². The van der Waals surface area contributed by atoms with E-state index in [1.807, 2.05) is 30.0 Å². The fourth-order valence-electron chi connectivity index (χ4n) is 2.09. The van der Waals surface area contributed by atoms with Gasteiger partial charge in [-0.3, -0.25) is 4.79 Å². The van der Waals surface area contributed by atoms with E-state index in [1.165, 1.54) is 5.56 Å². The van der Waals surface area contributed by atoms with Crippen molar-refractivity contribution in [3.05, 3.63) is 35.9 Å². The maximum Gasteiger partial charge on any atom is 0.224 e. The summed E-state index contributed by atoms with van der Waals surface area (Å²) in [6.45, 7) is 1.91. The van der Waals surface area contributed by atoms with Gasteiger partial charge in [0.05, 0.1) is 0 Å². The van der Waals surface area contributed by atoms with Gasteiger partial charge in [-0.1, -0.05) is 37.3 Å². The van der Waals surface area contributed by atoms with E-state index in [0.717, 1.165) is 12.2 Å². The molecule has 0 aromatic heterocycles. The van der Waals surface area contributed by atoms with Gasteiger partial charge < -0.3 is 4.90 Å². The second-order valence-corrected chi connectivity index (χ2v) is 6.11. The minimum atomic E-state index is 0.0242. The van der Waals surface area contributed by atoms with Crippen molar-refractivity contribution in [1.29, 1.82) is 0 Å². The van der Waals surface area contributed by atoms with Gasteiger partial charge in [-0.15, -0.1) is 24.4 Å². The number of thiol groups is 1. The number of thioether (sulfide) groups is 1. The van der Waals surface area contributed by atoms with Crippen molar-refractivity contribution < 1.29 is 4.79 Å². The van der Waals surface area contributed by atoms with Crippen LogP contribution in [0.3, 0.4) is 0 Å². The van der Waals surface area contributed by atoms with E-state index in [2.05, 4.69) is 24.8 Å². The molecule has 1 amide bonds. The van der Waals surface area contributed by atoms with Crippen molar-refractivity contribution in [3.63, 3.8) is 0 Å². The molecule has 17 heavy (non-hydrogen) atoms. The van der Waals surface area contributed by atoms with Gasteiger partial charge in [0.15, 0.2) is 0 Å². The molecule has 4 heteroatoms. The zero-order valence-corrected chi connectivity index (χ0v) is 11.6. The monoisotopic (exact) mass is 267 g/mol. The normalized spacial score (nSPS) is 24.0. The summed E-state index contributed by atoms with van der Waals surface area (Å²) in [7, 11) is 0. The third kappa shape index (κ3) is 2.99. The quantitative estimate of drug-likeness (QED) is 0.850. The number of rotatable bonds is 3. The van der Waals surface area contributed by atoms with Crippen molar-refractivity contribution >= 4 is 30.3 Å². The standard InChI is InChI=1S/C13H17NOS2/c1-2-12(15)14-11(9-17-13(14)16)8-10-6-4-3-5-7-10/h3-7,11,13,16H,2,8-9H2,1H3/t11-,13-/m1/s1. The van der Waals surface area contributed by atoms with Gasteiger partial charge in [0.25, 0.3) is 0 Å². The van der Waals surface area contributed by atoms with E-state index in [-0.39, 0.29) is 16.7 Å². The number of amides is 1. The smallest absolute Gasteiger partial charge is 0.224 e. The molecule has 1 heterocycles. The highest BCUT2D eigenvalue weighted by Gasteiger charge is 2.34. The molecule has 0 bridgehead atoms. The molecule has 0 N–H and O–H groups in total. The highest BCUT2D eigenvalue weighted by atomic mass is 32.2. The van der Waals surface area contributed by atoms with Gasteiger partial charge in [-0.25, -0.2) is 0 Å². The second kappa shape index (κ2) is 5.83. The van der Waals surface area contributed by atoms with E-state index in [1.54, 1.807) is 11.8 Å². The number of carbonyl (C=O) groups excluding carboxylic acids is 1. The maximum absolute atomic E-state index is 11.9. The van der Waals surface area contributed by atoms with E-state index in [0.29, 0.717) is 6.42 Å². The summed E-state index contributed by atoms with van der Waals surface area (Å²) in [6.07, 6.45) is 1.49. The van der Waals surface area contributed by atoms with Crippen LogP contribution in [0.1, 0.15) is 18.9 Å². The first-order valence-electron chi connectivity index (χ1n) is 5.87. The summed E-state index contributed by atoms with van der Waals surface area (Å²) in [5.41, 5.74) is 1.29. The van der Waals surface area contributed by atoms with Crippen LogP contribution in [0.2, 0.25) is 0 Å². The third-order valence-electron chi connectivity index (χ3n) is 2.97. The Morgan fingerprint density at radius 3 is 2.82 bits per heavy atom. The zero-order chi connectivity index (χ0) is 12.3. The average Bonchev–Trinajstić information content (AvgIpc) is 2.71. The van der Waals surface area contributed by atoms with Gasteiger partial charge in [-0.05, 0) is 12.0 Å². The van der Waals surface area contributed by atoms with Crippen LogP contribution in [0.4, 0.5) is 0 Å². The summed E-state index contributed by atoms with van der Waals surface area (Å²) in [5.74, 6) is 1.19. The topological polar surface area (TPSA) is 20.3 Å². The van der Waals surface area contributed by atoms with Crippen LogP contribution < -0.4 is 0 Å². The number of carbonyl (C=O) groups is 1. The molecule has 1 aliphatic heterocycles. The van der Waals surface area contributed by atoms with E-state index in [9.17, 15) is 4.79 Å². The van der Waals surface area contributed by atoms with Gasteiger partial charge in [-0.2, -0.15) is 0 Å². The molecule has 0 spiro atoms. The number of hydrogen-bond acceptors (Lipinski definition) is 3. The number of benzene rings is 1. The van der Waals surface area contributed by atoms with Crippen LogP contribution in [0.15, 0.2) is 30.3 Å². The predicted octanol–water partition coefficient (Wildman–Crippen LogP) is 2.80. The Morgan fingerprint density at radius 2 is 2.18 bits per heavy atom. The molecular weight excluding hydrogens is 250 g/mol. The van der Waals surface area contributed by atoms with Crippen LogP contribution in [0.5, 0.6) is 0 Å². The summed E-state index contributed by atoms with van der Waals surface area (Å²) < 4.78 is 0.0242. The Morgan fingerprint density at radius 1 is 1.47 bits per heavy atom. The van der Waals surface area contributed by atoms with Crippen LogP contribution >= 0.6 is 24.4 Å². The Kier molecular flexibility index (Phi) is 4.40. The predicted molar refractivity (Wildman–Crippen MR) is 76.3 cm³/mol. The van der Waals surface area contributed by atoms with Gasteiger partial charge >= 0.3 is 0 Å². The number of hydrogen-bond donors (Lipinski definition) is 1. The highest BCUT2D eigenvalue weighted by molar-refractivity contribution is 8.10. The molecule has 1 saturated heterocycles. The first kappa shape index (κ1) is 12.8. The van der Waals surface area contributed by atoms with Crippen LogP contribution in [0.25, 0.3) is 0 Å². The van der Waals surface area contributed by atoms with E-state index >= 15 is 0 Å². The fraction of sp³-hybridized carbons (Fsp3) is 0.462. The fourth-order valence-corrected chi connectivity index (χ4v) is 3.79. The molecule has 2 rings (SSSR count). The molecule has 0 unspecified atom stereocenters. The van der Waals surface area contributed by atoms with E-state index < -0.39 is 0 Å². The second-order valence-electron chi connectivity index (χ2n) is 4.16. The molecule has 92 valence electrons. The van der Waals surface area contributed by atoms with Crippen molar-refractivity contribution in [2.75, 3.05) is 5.75 Å². The molecular formula is C13H17NOS2. The summed E-state index contributed by atoms with van der Waals surface area (Å²) in [4.78, 5) is 13.8. The van der Waals surface area contributed by atoms with Crippen molar-refractivity contribution in [2.24, 2.45) is 0 Å². The van der Waals surface area contributed by atoms with Crippen LogP contribution in [0, 0.1) is 0 Å². The lowest BCUT2D eigenvalue weighted by Crippen LogP contribution is -2.40. The Bertz CT molecular complexity index is 382. The van der Waals surface area contributed by atoms with Crippen molar-refractivity contribution in [3.8, 4) is 0 Å². The lowest BCUT2D eigenvalue weighted by Gasteiger charge is -2.26. The summed E-state index contributed by atoms with van der Waals surface area (Å²) in [6, 6.07) is 10.6. The zero-order valence-electron chi connectivity index (χ0n) is 9.87. The van der Waals surface area contributed by atoms with Crippen LogP contribution in [-0.2, 0) is 11.2 Å². The Balaban J connectivity index is 2.07. The molecule has 1 aromatic rings. The highest BCUT2D eigenvalue weighted by Crippen LogP contribution is 2.33. The summed E-state index contributed by atoms with van der Waals surface area (Å²) >= 11 is 6.22. The minimum absolute atomic E-state index is 0.0242.